The molecular weight excluding hydrogens is 252 g/mol. The molecule has 1 N–H and O–H groups in total. The van der Waals surface area contributed by atoms with Gasteiger partial charge in [0.1, 0.15) is 0 Å². The molecule has 0 atom stereocenters. The molecule has 0 fully saturated rings. The Bertz CT molecular complexity index is 561. The minimum Gasteiger partial charge on any atom is -0.481 e. The maximum Gasteiger partial charge on any atom is 0.303 e. The molecule has 0 aliphatic heterocycles. The quantitative estimate of drug-likeness (QED) is 0.924. The second-order valence-electron chi connectivity index (χ2n) is 4.06. The molecule has 0 amide bonds. The highest BCUT2D eigenvalue weighted by atomic mass is 35.5. The van der Waals surface area contributed by atoms with E-state index in [2.05, 4.69) is 5.10 Å². The Labute approximate surface area is 110 Å². The summed E-state index contributed by atoms with van der Waals surface area (Å²) in [5.74, 6) is -0.817. The molecule has 0 saturated heterocycles. The predicted molar refractivity (Wildman–Crippen MR) is 69.6 cm³/mol. The highest BCUT2D eigenvalue weighted by molar-refractivity contribution is 6.30. The van der Waals surface area contributed by atoms with Gasteiger partial charge in [0, 0.05) is 30.3 Å². The monoisotopic (exact) mass is 264 g/mol. The van der Waals surface area contributed by atoms with Crippen molar-refractivity contribution in [3.63, 3.8) is 0 Å². The summed E-state index contributed by atoms with van der Waals surface area (Å²) in [7, 11) is 1.82. The molecule has 4 nitrogen and oxygen atoms in total. The third-order valence-electron chi connectivity index (χ3n) is 2.64. The topological polar surface area (TPSA) is 55.1 Å². The van der Waals surface area contributed by atoms with Crippen molar-refractivity contribution in [3.8, 4) is 11.1 Å². The van der Waals surface area contributed by atoms with Crippen molar-refractivity contribution < 1.29 is 9.90 Å². The van der Waals surface area contributed by atoms with Gasteiger partial charge in [-0.2, -0.15) is 5.10 Å². The Kier molecular flexibility index (Phi) is 3.67. The fraction of sp³-hybridized carbons (Fsp3) is 0.231. The molecule has 0 radical (unpaired) electrons. The molecule has 0 bridgehead atoms. The van der Waals surface area contributed by atoms with Gasteiger partial charge < -0.3 is 5.11 Å². The van der Waals surface area contributed by atoms with Crippen LogP contribution in [-0.2, 0) is 18.3 Å². The molecule has 2 rings (SSSR count). The second kappa shape index (κ2) is 5.23. The molecule has 18 heavy (non-hydrogen) atoms. The number of rotatable bonds is 4. The lowest BCUT2D eigenvalue weighted by Crippen LogP contribution is -1.99. The summed E-state index contributed by atoms with van der Waals surface area (Å²) in [6.07, 6.45) is 2.39. The van der Waals surface area contributed by atoms with Gasteiger partial charge in [-0.15, -0.1) is 0 Å². The van der Waals surface area contributed by atoms with Crippen molar-refractivity contribution in [1.29, 1.82) is 0 Å². The van der Waals surface area contributed by atoms with E-state index in [4.69, 9.17) is 16.7 Å². The van der Waals surface area contributed by atoms with Gasteiger partial charge in [-0.3, -0.25) is 9.48 Å². The highest BCUT2D eigenvalue weighted by Crippen LogP contribution is 2.25. The summed E-state index contributed by atoms with van der Waals surface area (Å²) < 4.78 is 1.70. The first kappa shape index (κ1) is 12.6. The fourth-order valence-corrected chi connectivity index (χ4v) is 1.94. The van der Waals surface area contributed by atoms with Crippen LogP contribution in [0.15, 0.2) is 30.5 Å². The van der Waals surface area contributed by atoms with E-state index in [9.17, 15) is 4.79 Å². The van der Waals surface area contributed by atoms with Crippen LogP contribution in [0.25, 0.3) is 11.1 Å². The van der Waals surface area contributed by atoms with Gasteiger partial charge in [-0.25, -0.2) is 0 Å². The summed E-state index contributed by atoms with van der Waals surface area (Å²) in [4.78, 5) is 10.6. The van der Waals surface area contributed by atoms with Gasteiger partial charge >= 0.3 is 5.97 Å². The number of hydrogen-bond acceptors (Lipinski definition) is 2. The van der Waals surface area contributed by atoms with Crippen LogP contribution in [0.4, 0.5) is 0 Å². The lowest BCUT2D eigenvalue weighted by atomic mass is 10.0. The summed E-state index contributed by atoms with van der Waals surface area (Å²) in [6, 6.07) is 7.43. The lowest BCUT2D eigenvalue weighted by molar-refractivity contribution is -0.136. The van der Waals surface area contributed by atoms with Gasteiger partial charge in [0.15, 0.2) is 0 Å². The molecule has 1 heterocycles. The van der Waals surface area contributed by atoms with Crippen LogP contribution < -0.4 is 0 Å². The maximum absolute atomic E-state index is 10.6. The third-order valence-corrected chi connectivity index (χ3v) is 2.89. The number of carboxylic acids is 1. The maximum atomic E-state index is 10.6. The van der Waals surface area contributed by atoms with Gasteiger partial charge in [0.25, 0.3) is 0 Å². The van der Waals surface area contributed by atoms with Crippen molar-refractivity contribution in [3.05, 3.63) is 41.2 Å². The first-order valence-electron chi connectivity index (χ1n) is 5.56. The standard InChI is InChI=1S/C13H13ClN2O2/c1-16-8-11(9-2-4-10(14)5-3-9)12(15-16)6-7-13(17)18/h2-5,8H,6-7H2,1H3,(H,17,18). The van der Waals surface area contributed by atoms with Crippen molar-refractivity contribution in [2.75, 3.05) is 0 Å². The largest absolute Gasteiger partial charge is 0.481 e. The number of nitrogens with zero attached hydrogens (tertiary/aromatic N) is 2. The van der Waals surface area contributed by atoms with E-state index in [1.54, 1.807) is 4.68 Å². The molecule has 1 aromatic carbocycles. The zero-order valence-electron chi connectivity index (χ0n) is 9.93. The van der Waals surface area contributed by atoms with Crippen LogP contribution >= 0.6 is 11.6 Å². The number of carboxylic acid groups (broad SMARTS) is 1. The van der Waals surface area contributed by atoms with E-state index in [-0.39, 0.29) is 6.42 Å². The number of aliphatic carboxylic acids is 1. The minimum absolute atomic E-state index is 0.0810. The number of hydrogen-bond donors (Lipinski definition) is 1. The van der Waals surface area contributed by atoms with Gasteiger partial charge in [0.2, 0.25) is 0 Å². The van der Waals surface area contributed by atoms with Crippen LogP contribution in [0, 0.1) is 0 Å². The molecule has 0 aliphatic rings. The van der Waals surface area contributed by atoms with Gasteiger partial charge in [-0.1, -0.05) is 23.7 Å². The molecule has 94 valence electrons. The van der Waals surface area contributed by atoms with Crippen molar-refractivity contribution in [2.24, 2.45) is 7.05 Å². The summed E-state index contributed by atoms with van der Waals surface area (Å²) in [6.45, 7) is 0. The van der Waals surface area contributed by atoms with Crippen molar-refractivity contribution in [2.45, 2.75) is 12.8 Å². The van der Waals surface area contributed by atoms with E-state index in [0.717, 1.165) is 16.8 Å². The second-order valence-corrected chi connectivity index (χ2v) is 4.50. The third kappa shape index (κ3) is 2.90. The Morgan fingerprint density at radius 1 is 1.39 bits per heavy atom. The van der Waals surface area contributed by atoms with Crippen LogP contribution in [-0.4, -0.2) is 20.9 Å². The Hall–Kier alpha value is -1.81. The molecule has 5 heteroatoms. The van der Waals surface area contributed by atoms with Gasteiger partial charge in [-0.05, 0) is 17.7 Å². The highest BCUT2D eigenvalue weighted by Gasteiger charge is 2.11. The smallest absolute Gasteiger partial charge is 0.303 e. The molecule has 0 unspecified atom stereocenters. The number of aryl methyl sites for hydroxylation is 2. The van der Waals surface area contributed by atoms with E-state index >= 15 is 0 Å². The first-order chi connectivity index (χ1) is 8.56. The van der Waals surface area contributed by atoms with E-state index in [0.29, 0.717) is 11.4 Å². The Morgan fingerprint density at radius 2 is 2.06 bits per heavy atom. The average Bonchev–Trinajstić information content (AvgIpc) is 2.69. The van der Waals surface area contributed by atoms with E-state index in [1.165, 1.54) is 0 Å². The van der Waals surface area contributed by atoms with E-state index < -0.39 is 5.97 Å². The minimum atomic E-state index is -0.817. The zero-order chi connectivity index (χ0) is 13.1. The van der Waals surface area contributed by atoms with Crippen LogP contribution in [0.3, 0.4) is 0 Å². The molecule has 0 aliphatic carbocycles. The summed E-state index contributed by atoms with van der Waals surface area (Å²) in [5.41, 5.74) is 2.74. The molecular formula is C13H13ClN2O2. The molecule has 0 saturated carbocycles. The zero-order valence-corrected chi connectivity index (χ0v) is 10.7. The SMILES string of the molecule is Cn1cc(-c2ccc(Cl)cc2)c(CCC(=O)O)n1. The number of aromatic nitrogens is 2. The van der Waals surface area contributed by atoms with Gasteiger partial charge in [0.05, 0.1) is 12.1 Å². The summed E-state index contributed by atoms with van der Waals surface area (Å²) in [5, 5.41) is 13.7. The fourth-order valence-electron chi connectivity index (χ4n) is 1.82. The number of carbonyl (C=O) groups is 1. The van der Waals surface area contributed by atoms with Crippen LogP contribution in [0.2, 0.25) is 5.02 Å². The Morgan fingerprint density at radius 3 is 2.67 bits per heavy atom. The van der Waals surface area contributed by atoms with Crippen molar-refractivity contribution in [1.82, 2.24) is 9.78 Å². The molecule has 0 spiro atoms. The average molecular weight is 265 g/mol. The van der Waals surface area contributed by atoms with E-state index in [1.807, 2.05) is 37.5 Å². The lowest BCUT2D eigenvalue weighted by Gasteiger charge is -2.01. The predicted octanol–water partition coefficient (Wildman–Crippen LogP) is 2.76. The normalized spacial score (nSPS) is 10.6. The number of halogens is 1. The Balaban J connectivity index is 2.31. The summed E-state index contributed by atoms with van der Waals surface area (Å²) >= 11 is 5.85. The first-order valence-corrected chi connectivity index (χ1v) is 5.94. The van der Waals surface area contributed by atoms with Crippen LogP contribution in [0.1, 0.15) is 12.1 Å². The van der Waals surface area contributed by atoms with Crippen molar-refractivity contribution >= 4 is 17.6 Å². The number of benzene rings is 1. The molecule has 1 aromatic heterocycles. The molecule has 2 aromatic rings. The van der Waals surface area contributed by atoms with Crippen LogP contribution in [0.5, 0.6) is 0 Å².